The van der Waals surface area contributed by atoms with Crippen molar-refractivity contribution >= 4 is 33.2 Å². The Kier molecular flexibility index (Phi) is 4.30. The van der Waals surface area contributed by atoms with Gasteiger partial charge < -0.3 is 5.11 Å². The quantitative estimate of drug-likeness (QED) is 0.583. The number of phenolic OH excluding ortho intramolecular Hbond substituents is 1. The van der Waals surface area contributed by atoms with E-state index in [1.54, 1.807) is 0 Å². The molecule has 5 nitrogen and oxygen atoms in total. The molecule has 0 amide bonds. The standard InChI is InChI=1S/C12H5BrClF3N2O3/c13-7-1-5(2-9(11(7)20)19(21)22)10-8(14)3-6(4-18-10)12(15,16)17/h1-4,20H. The number of pyridine rings is 1. The third-order valence-corrected chi connectivity index (χ3v) is 3.57. The Bertz CT molecular complexity index is 768. The van der Waals surface area contributed by atoms with Crippen LogP contribution >= 0.6 is 27.5 Å². The van der Waals surface area contributed by atoms with Crippen molar-refractivity contribution in [3.05, 3.63) is 49.6 Å². The van der Waals surface area contributed by atoms with Crippen molar-refractivity contribution in [1.82, 2.24) is 4.98 Å². The summed E-state index contributed by atoms with van der Waals surface area (Å²) in [7, 11) is 0. The summed E-state index contributed by atoms with van der Waals surface area (Å²) in [5.41, 5.74) is -1.63. The number of alkyl halides is 3. The number of benzene rings is 1. The molecule has 0 atom stereocenters. The first-order valence-electron chi connectivity index (χ1n) is 5.51. The molecule has 0 spiro atoms. The number of phenols is 1. The lowest BCUT2D eigenvalue weighted by atomic mass is 10.1. The highest BCUT2D eigenvalue weighted by Crippen LogP contribution is 2.40. The van der Waals surface area contributed by atoms with E-state index in [2.05, 4.69) is 20.9 Å². The van der Waals surface area contributed by atoms with E-state index in [0.29, 0.717) is 12.3 Å². The van der Waals surface area contributed by atoms with Crippen LogP contribution in [-0.2, 0) is 6.18 Å². The van der Waals surface area contributed by atoms with Gasteiger partial charge in [0.2, 0.25) is 5.75 Å². The van der Waals surface area contributed by atoms with Crippen LogP contribution in [0.5, 0.6) is 5.75 Å². The fourth-order valence-corrected chi connectivity index (χ4v) is 2.39. The predicted molar refractivity (Wildman–Crippen MR) is 75.7 cm³/mol. The maximum atomic E-state index is 12.6. The van der Waals surface area contributed by atoms with E-state index in [1.165, 1.54) is 6.07 Å². The number of nitrogens with zero attached hydrogens (tertiary/aromatic N) is 2. The largest absolute Gasteiger partial charge is 0.501 e. The number of nitro benzene ring substituents is 1. The SMILES string of the molecule is O=[N+]([O-])c1cc(-c2ncc(C(F)(F)F)cc2Cl)cc(Br)c1O. The third-order valence-electron chi connectivity index (χ3n) is 2.68. The van der Waals surface area contributed by atoms with Gasteiger partial charge in [-0.15, -0.1) is 0 Å². The minimum Gasteiger partial charge on any atom is -0.501 e. The summed E-state index contributed by atoms with van der Waals surface area (Å²) in [5.74, 6) is -0.600. The van der Waals surface area contributed by atoms with Gasteiger partial charge in [0.05, 0.1) is 25.7 Å². The Hall–Kier alpha value is -1.87. The lowest BCUT2D eigenvalue weighted by molar-refractivity contribution is -0.385. The van der Waals surface area contributed by atoms with Crippen LogP contribution in [0.1, 0.15) is 5.56 Å². The first-order chi connectivity index (χ1) is 10.1. The van der Waals surface area contributed by atoms with Gasteiger partial charge in [0.25, 0.3) is 0 Å². The molecule has 1 N–H and O–H groups in total. The molecule has 0 saturated carbocycles. The molecule has 2 aromatic rings. The molecule has 1 aromatic heterocycles. The molecule has 0 bridgehead atoms. The van der Waals surface area contributed by atoms with Gasteiger partial charge in [0.1, 0.15) is 0 Å². The molecule has 0 unspecified atom stereocenters. The van der Waals surface area contributed by atoms with Gasteiger partial charge in [0, 0.05) is 17.8 Å². The summed E-state index contributed by atoms with van der Waals surface area (Å²) in [6, 6.07) is 2.92. The van der Waals surface area contributed by atoms with Crippen LogP contribution < -0.4 is 0 Å². The molecule has 0 saturated heterocycles. The molecular weight excluding hydrogens is 392 g/mol. The predicted octanol–water partition coefficient (Wildman–Crippen LogP) is 4.80. The van der Waals surface area contributed by atoms with E-state index < -0.39 is 28.1 Å². The van der Waals surface area contributed by atoms with Gasteiger partial charge in [-0.1, -0.05) is 11.6 Å². The zero-order valence-corrected chi connectivity index (χ0v) is 12.7. The summed E-state index contributed by atoms with van der Waals surface area (Å²) in [6.45, 7) is 0. The van der Waals surface area contributed by atoms with Crippen molar-refractivity contribution in [2.24, 2.45) is 0 Å². The number of aromatic nitrogens is 1. The highest BCUT2D eigenvalue weighted by molar-refractivity contribution is 9.10. The van der Waals surface area contributed by atoms with Crippen LogP contribution in [0.25, 0.3) is 11.3 Å². The lowest BCUT2D eigenvalue weighted by Crippen LogP contribution is -2.05. The van der Waals surface area contributed by atoms with Gasteiger partial charge in [-0.05, 0) is 28.1 Å². The Morgan fingerprint density at radius 2 is 1.95 bits per heavy atom. The summed E-state index contributed by atoms with van der Waals surface area (Å²) in [4.78, 5) is 13.6. The van der Waals surface area contributed by atoms with Gasteiger partial charge in [-0.2, -0.15) is 13.2 Å². The van der Waals surface area contributed by atoms with Crippen molar-refractivity contribution in [3.63, 3.8) is 0 Å². The third kappa shape index (κ3) is 3.14. The molecule has 116 valence electrons. The topological polar surface area (TPSA) is 76.3 Å². The Morgan fingerprint density at radius 3 is 2.45 bits per heavy atom. The fraction of sp³-hybridized carbons (Fsp3) is 0.0833. The molecule has 0 fully saturated rings. The van der Waals surface area contributed by atoms with Gasteiger partial charge in [-0.25, -0.2) is 0 Å². The Balaban J connectivity index is 2.60. The van der Waals surface area contributed by atoms with Crippen LogP contribution in [0, 0.1) is 10.1 Å². The van der Waals surface area contributed by atoms with Gasteiger partial charge >= 0.3 is 11.9 Å². The number of nitro groups is 1. The second kappa shape index (κ2) is 5.73. The van der Waals surface area contributed by atoms with Crippen molar-refractivity contribution in [3.8, 4) is 17.0 Å². The minimum absolute atomic E-state index is 0.00513. The monoisotopic (exact) mass is 396 g/mol. The maximum absolute atomic E-state index is 12.6. The van der Waals surface area contributed by atoms with Crippen LogP contribution in [0.2, 0.25) is 5.02 Å². The van der Waals surface area contributed by atoms with Gasteiger partial charge in [0.15, 0.2) is 0 Å². The summed E-state index contributed by atoms with van der Waals surface area (Å²) in [6.07, 6.45) is -4.02. The molecule has 0 aliphatic heterocycles. The summed E-state index contributed by atoms with van der Waals surface area (Å²) < 4.78 is 37.7. The number of hydrogen-bond donors (Lipinski definition) is 1. The number of halogens is 5. The lowest BCUT2D eigenvalue weighted by Gasteiger charge is -2.10. The molecule has 0 radical (unpaired) electrons. The zero-order chi connectivity index (χ0) is 16.7. The molecule has 0 aliphatic rings. The first-order valence-corrected chi connectivity index (χ1v) is 6.68. The molecule has 2 rings (SSSR count). The van der Waals surface area contributed by atoms with Crippen molar-refractivity contribution < 1.29 is 23.2 Å². The Labute approximate surface area is 134 Å². The van der Waals surface area contributed by atoms with Crippen LogP contribution in [0.15, 0.2) is 28.9 Å². The van der Waals surface area contributed by atoms with Crippen LogP contribution in [0.3, 0.4) is 0 Å². The number of aromatic hydroxyl groups is 1. The van der Waals surface area contributed by atoms with E-state index in [4.69, 9.17) is 11.6 Å². The average Bonchev–Trinajstić information content (AvgIpc) is 2.40. The highest BCUT2D eigenvalue weighted by Gasteiger charge is 2.32. The second-order valence-corrected chi connectivity index (χ2v) is 5.40. The van der Waals surface area contributed by atoms with Gasteiger partial charge in [-0.3, -0.25) is 15.1 Å². The van der Waals surface area contributed by atoms with E-state index in [1.807, 2.05) is 0 Å². The van der Waals surface area contributed by atoms with E-state index in [0.717, 1.165) is 6.07 Å². The average molecular weight is 398 g/mol. The van der Waals surface area contributed by atoms with Crippen LogP contribution in [-0.4, -0.2) is 15.0 Å². The maximum Gasteiger partial charge on any atom is 0.417 e. The number of hydrogen-bond acceptors (Lipinski definition) is 4. The molecule has 10 heteroatoms. The van der Waals surface area contributed by atoms with E-state index >= 15 is 0 Å². The molecular formula is C12H5BrClF3N2O3. The molecule has 22 heavy (non-hydrogen) atoms. The first kappa shape index (κ1) is 16.5. The summed E-state index contributed by atoms with van der Waals surface area (Å²) >= 11 is 8.71. The van der Waals surface area contributed by atoms with E-state index in [9.17, 15) is 28.4 Å². The minimum atomic E-state index is -4.60. The highest BCUT2D eigenvalue weighted by atomic mass is 79.9. The van der Waals surface area contributed by atoms with Crippen molar-refractivity contribution in [2.45, 2.75) is 6.18 Å². The molecule has 0 aliphatic carbocycles. The fourth-order valence-electron chi connectivity index (χ4n) is 1.67. The Morgan fingerprint density at radius 1 is 1.32 bits per heavy atom. The second-order valence-electron chi connectivity index (χ2n) is 4.14. The molecule has 1 aromatic carbocycles. The smallest absolute Gasteiger partial charge is 0.417 e. The normalized spacial score (nSPS) is 11.5. The number of rotatable bonds is 2. The zero-order valence-electron chi connectivity index (χ0n) is 10.4. The molecule has 1 heterocycles. The van der Waals surface area contributed by atoms with E-state index in [-0.39, 0.29) is 20.8 Å². The van der Waals surface area contributed by atoms with Crippen molar-refractivity contribution in [2.75, 3.05) is 0 Å². The van der Waals surface area contributed by atoms with Crippen molar-refractivity contribution in [1.29, 1.82) is 0 Å². The van der Waals surface area contributed by atoms with Crippen LogP contribution in [0.4, 0.5) is 18.9 Å². The summed E-state index contributed by atoms with van der Waals surface area (Å²) in [5, 5.41) is 20.1.